The molecule has 6 nitrogen and oxygen atoms in total. The second kappa shape index (κ2) is 7.48. The molecule has 0 saturated carbocycles. The van der Waals surface area contributed by atoms with E-state index in [1.54, 1.807) is 11.9 Å². The largest absolute Gasteiger partial charge is 0.411 e. The van der Waals surface area contributed by atoms with Gasteiger partial charge in [-0.25, -0.2) is 4.79 Å². The Kier molecular flexibility index (Phi) is 6.25. The molecule has 0 aromatic carbocycles. The molecule has 1 N–H and O–H groups in total. The van der Waals surface area contributed by atoms with Crippen molar-refractivity contribution in [3.05, 3.63) is 0 Å². The highest BCUT2D eigenvalue weighted by atomic mass is 19.4. The molecular weight excluding hydrogens is 291 g/mol. The first-order chi connectivity index (χ1) is 9.70. The zero-order valence-corrected chi connectivity index (χ0v) is 12.1. The molecule has 1 atom stereocenters. The summed E-state index contributed by atoms with van der Waals surface area (Å²) in [6.45, 7) is 1.10. The number of nitrogens with zero attached hydrogens (tertiary/aromatic N) is 2. The van der Waals surface area contributed by atoms with Crippen LogP contribution in [0.15, 0.2) is 0 Å². The van der Waals surface area contributed by atoms with E-state index in [1.807, 2.05) is 6.92 Å². The van der Waals surface area contributed by atoms with E-state index in [4.69, 9.17) is 0 Å². The summed E-state index contributed by atoms with van der Waals surface area (Å²) in [7, 11) is 1.68. The van der Waals surface area contributed by atoms with Crippen LogP contribution < -0.4 is 5.32 Å². The SMILES string of the molecule is C[C@H]1CN(C(=O)NCCCOCC(F)(F)F)CC(=O)N1C. The monoisotopic (exact) mass is 311 g/mol. The Labute approximate surface area is 121 Å². The average Bonchev–Trinajstić information content (AvgIpc) is 2.37. The standard InChI is InChI=1S/C12H20F3N3O3/c1-9-6-18(7-10(19)17(9)2)11(20)16-4-3-5-21-8-12(13,14)15/h9H,3-8H2,1-2H3,(H,16,20)/t9-/m0/s1. The number of ether oxygens (including phenoxy) is 1. The van der Waals surface area contributed by atoms with Crippen LogP contribution in [0.5, 0.6) is 0 Å². The highest BCUT2D eigenvalue weighted by Gasteiger charge is 2.29. The number of urea groups is 1. The number of hydrogen-bond donors (Lipinski definition) is 1. The van der Waals surface area contributed by atoms with Crippen molar-refractivity contribution in [1.82, 2.24) is 15.1 Å². The van der Waals surface area contributed by atoms with Gasteiger partial charge in [0, 0.05) is 32.8 Å². The molecule has 1 rings (SSSR count). The maximum absolute atomic E-state index is 11.8. The minimum atomic E-state index is -4.33. The lowest BCUT2D eigenvalue weighted by Crippen LogP contribution is -2.57. The lowest BCUT2D eigenvalue weighted by atomic mass is 10.2. The molecule has 0 spiro atoms. The zero-order valence-electron chi connectivity index (χ0n) is 12.1. The Morgan fingerprint density at radius 1 is 1.48 bits per heavy atom. The summed E-state index contributed by atoms with van der Waals surface area (Å²) < 4.78 is 39.8. The van der Waals surface area contributed by atoms with Crippen LogP contribution in [0.25, 0.3) is 0 Å². The second-order valence-electron chi connectivity index (χ2n) is 4.99. The van der Waals surface area contributed by atoms with Crippen molar-refractivity contribution in [3.8, 4) is 0 Å². The van der Waals surface area contributed by atoms with Gasteiger partial charge in [0.15, 0.2) is 0 Å². The van der Waals surface area contributed by atoms with Crippen molar-refractivity contribution in [2.24, 2.45) is 0 Å². The van der Waals surface area contributed by atoms with E-state index in [9.17, 15) is 22.8 Å². The number of nitrogens with one attached hydrogen (secondary N) is 1. The topological polar surface area (TPSA) is 61.9 Å². The lowest BCUT2D eigenvalue weighted by Gasteiger charge is -2.37. The molecule has 1 aliphatic heterocycles. The van der Waals surface area contributed by atoms with Crippen molar-refractivity contribution in [2.45, 2.75) is 25.6 Å². The number of carbonyl (C=O) groups is 2. The molecule has 0 aromatic heterocycles. The summed E-state index contributed by atoms with van der Waals surface area (Å²) >= 11 is 0. The number of amides is 3. The Morgan fingerprint density at radius 3 is 2.71 bits per heavy atom. The van der Waals surface area contributed by atoms with E-state index in [0.717, 1.165) is 0 Å². The molecule has 0 radical (unpaired) electrons. The Morgan fingerprint density at radius 2 is 2.14 bits per heavy atom. The molecule has 1 saturated heterocycles. The third-order valence-corrected chi connectivity index (χ3v) is 3.16. The third-order valence-electron chi connectivity index (χ3n) is 3.16. The van der Waals surface area contributed by atoms with E-state index < -0.39 is 12.8 Å². The minimum absolute atomic E-state index is 0.0112. The molecule has 9 heteroatoms. The van der Waals surface area contributed by atoms with Gasteiger partial charge in [-0.05, 0) is 13.3 Å². The fourth-order valence-corrected chi connectivity index (χ4v) is 1.85. The first kappa shape index (κ1) is 17.5. The van der Waals surface area contributed by atoms with Gasteiger partial charge in [0.2, 0.25) is 5.91 Å². The molecule has 0 unspecified atom stereocenters. The fraction of sp³-hybridized carbons (Fsp3) is 0.833. The van der Waals surface area contributed by atoms with E-state index in [-0.39, 0.29) is 44.1 Å². The predicted octanol–water partition coefficient (Wildman–Crippen LogP) is 0.828. The Hall–Kier alpha value is -1.51. The predicted molar refractivity (Wildman–Crippen MR) is 68.7 cm³/mol. The van der Waals surface area contributed by atoms with Crippen LogP contribution in [0, 0.1) is 0 Å². The summed E-state index contributed by atoms with van der Waals surface area (Å²) in [5.41, 5.74) is 0. The minimum Gasteiger partial charge on any atom is -0.372 e. The summed E-state index contributed by atoms with van der Waals surface area (Å²) in [4.78, 5) is 26.4. The average molecular weight is 311 g/mol. The molecular formula is C12H20F3N3O3. The van der Waals surface area contributed by atoms with Gasteiger partial charge in [-0.15, -0.1) is 0 Å². The number of likely N-dealkylation sites (N-methyl/N-ethyl adjacent to an activating group) is 1. The van der Waals surface area contributed by atoms with Crippen molar-refractivity contribution < 1.29 is 27.5 Å². The summed E-state index contributed by atoms with van der Waals surface area (Å²) in [6.07, 6.45) is -4.06. The summed E-state index contributed by atoms with van der Waals surface area (Å²) in [6, 6.07) is -0.453. The summed E-state index contributed by atoms with van der Waals surface area (Å²) in [5, 5.41) is 2.56. The maximum atomic E-state index is 11.8. The summed E-state index contributed by atoms with van der Waals surface area (Å²) in [5.74, 6) is -0.141. The molecule has 21 heavy (non-hydrogen) atoms. The highest BCUT2D eigenvalue weighted by Crippen LogP contribution is 2.14. The number of hydrogen-bond acceptors (Lipinski definition) is 3. The first-order valence-corrected chi connectivity index (χ1v) is 6.63. The molecule has 1 fully saturated rings. The third kappa shape index (κ3) is 6.19. The Balaban J connectivity index is 2.18. The second-order valence-corrected chi connectivity index (χ2v) is 4.99. The van der Waals surface area contributed by atoms with Gasteiger partial charge in [-0.3, -0.25) is 4.79 Å². The first-order valence-electron chi connectivity index (χ1n) is 6.63. The van der Waals surface area contributed by atoms with Gasteiger partial charge in [0.1, 0.15) is 13.2 Å². The zero-order chi connectivity index (χ0) is 16.0. The van der Waals surface area contributed by atoms with Crippen LogP contribution in [-0.4, -0.2) is 73.9 Å². The fourth-order valence-electron chi connectivity index (χ4n) is 1.85. The Bertz CT molecular complexity index is 376. The van der Waals surface area contributed by atoms with Crippen molar-refractivity contribution in [2.75, 3.05) is 39.9 Å². The number of halogens is 3. The van der Waals surface area contributed by atoms with Gasteiger partial charge in [-0.2, -0.15) is 13.2 Å². The van der Waals surface area contributed by atoms with E-state index in [1.165, 1.54) is 4.90 Å². The van der Waals surface area contributed by atoms with E-state index in [2.05, 4.69) is 10.1 Å². The molecule has 1 aliphatic rings. The van der Waals surface area contributed by atoms with Crippen molar-refractivity contribution in [3.63, 3.8) is 0 Å². The van der Waals surface area contributed by atoms with Crippen LogP contribution in [-0.2, 0) is 9.53 Å². The number of rotatable bonds is 5. The maximum Gasteiger partial charge on any atom is 0.411 e. The van der Waals surface area contributed by atoms with Crippen LogP contribution in [0.1, 0.15) is 13.3 Å². The number of alkyl halides is 3. The van der Waals surface area contributed by atoms with Gasteiger partial charge in [0.25, 0.3) is 0 Å². The molecule has 1 heterocycles. The van der Waals surface area contributed by atoms with E-state index in [0.29, 0.717) is 6.54 Å². The number of carbonyl (C=O) groups excluding carboxylic acids is 2. The van der Waals surface area contributed by atoms with Crippen LogP contribution >= 0.6 is 0 Å². The van der Waals surface area contributed by atoms with E-state index >= 15 is 0 Å². The smallest absolute Gasteiger partial charge is 0.372 e. The molecule has 0 aliphatic carbocycles. The number of piperazine rings is 1. The van der Waals surface area contributed by atoms with Crippen molar-refractivity contribution in [1.29, 1.82) is 0 Å². The van der Waals surface area contributed by atoms with Crippen molar-refractivity contribution >= 4 is 11.9 Å². The van der Waals surface area contributed by atoms with Crippen LogP contribution in [0.3, 0.4) is 0 Å². The van der Waals surface area contributed by atoms with Gasteiger partial charge >= 0.3 is 12.2 Å². The molecule has 0 bridgehead atoms. The highest BCUT2D eigenvalue weighted by molar-refractivity contribution is 5.85. The van der Waals surface area contributed by atoms with Gasteiger partial charge in [-0.1, -0.05) is 0 Å². The molecule has 3 amide bonds. The van der Waals surface area contributed by atoms with Crippen LogP contribution in [0.4, 0.5) is 18.0 Å². The van der Waals surface area contributed by atoms with Gasteiger partial charge < -0.3 is 19.9 Å². The molecule has 122 valence electrons. The lowest BCUT2D eigenvalue weighted by molar-refractivity contribution is -0.173. The quantitative estimate of drug-likeness (QED) is 0.765. The van der Waals surface area contributed by atoms with Gasteiger partial charge in [0.05, 0.1) is 0 Å². The van der Waals surface area contributed by atoms with Crippen LogP contribution in [0.2, 0.25) is 0 Å². The normalized spacial score (nSPS) is 19.9. The molecule has 0 aromatic rings.